The summed E-state index contributed by atoms with van der Waals surface area (Å²) in [6.45, 7) is 4.01. The third kappa shape index (κ3) is 5.73. The molecular formula is C20H22N2O6. The lowest BCUT2D eigenvalue weighted by Gasteiger charge is -2.15. The molecule has 0 saturated carbocycles. The average Bonchev–Trinajstić information content (AvgIpc) is 2.72. The minimum Gasteiger partial charge on any atom is -0.494 e. The third-order valence-electron chi connectivity index (χ3n) is 3.68. The minimum absolute atomic E-state index is 0.271. The smallest absolute Gasteiger partial charge is 0.337 e. The number of ether oxygens (including phenoxy) is 3. The molecule has 148 valence electrons. The van der Waals surface area contributed by atoms with Crippen LogP contribution in [0.5, 0.6) is 11.5 Å². The van der Waals surface area contributed by atoms with Gasteiger partial charge in [-0.15, -0.1) is 0 Å². The Morgan fingerprint density at radius 1 is 0.893 bits per heavy atom. The van der Waals surface area contributed by atoms with Crippen molar-refractivity contribution < 1.29 is 28.6 Å². The fourth-order valence-electron chi connectivity index (χ4n) is 2.21. The van der Waals surface area contributed by atoms with Gasteiger partial charge in [-0.05, 0) is 62.4 Å². The maximum atomic E-state index is 12.1. The molecule has 2 amide bonds. The van der Waals surface area contributed by atoms with Gasteiger partial charge in [-0.25, -0.2) is 4.79 Å². The van der Waals surface area contributed by atoms with Gasteiger partial charge in [-0.3, -0.25) is 20.4 Å². The molecule has 0 fully saturated rings. The number of carbonyl (C=O) groups excluding carboxylic acids is 3. The van der Waals surface area contributed by atoms with Gasteiger partial charge in [-0.1, -0.05) is 0 Å². The molecule has 28 heavy (non-hydrogen) atoms. The first-order valence-corrected chi connectivity index (χ1v) is 8.62. The topological polar surface area (TPSA) is 103 Å². The second kappa shape index (κ2) is 9.96. The van der Waals surface area contributed by atoms with Crippen molar-refractivity contribution in [2.45, 2.75) is 20.0 Å². The Morgan fingerprint density at radius 2 is 1.46 bits per heavy atom. The Morgan fingerprint density at radius 3 is 2.04 bits per heavy atom. The highest BCUT2D eigenvalue weighted by Gasteiger charge is 2.16. The minimum atomic E-state index is -0.833. The highest BCUT2D eigenvalue weighted by molar-refractivity contribution is 5.97. The molecule has 2 aromatic carbocycles. The number of hydrazine groups is 1. The van der Waals surface area contributed by atoms with Crippen molar-refractivity contribution in [3.8, 4) is 11.5 Å². The van der Waals surface area contributed by atoms with Gasteiger partial charge >= 0.3 is 5.97 Å². The fraction of sp³-hybridized carbons (Fsp3) is 0.250. The van der Waals surface area contributed by atoms with Crippen molar-refractivity contribution in [2.75, 3.05) is 13.7 Å². The summed E-state index contributed by atoms with van der Waals surface area (Å²) in [5.74, 6) is -0.347. The maximum absolute atomic E-state index is 12.1. The number of rotatable bonds is 7. The molecule has 0 bridgehead atoms. The van der Waals surface area contributed by atoms with Gasteiger partial charge in [0.1, 0.15) is 11.5 Å². The molecule has 0 saturated heterocycles. The number of hydrogen-bond acceptors (Lipinski definition) is 6. The van der Waals surface area contributed by atoms with Crippen LogP contribution in [0.1, 0.15) is 34.6 Å². The molecule has 8 heteroatoms. The lowest BCUT2D eigenvalue weighted by molar-refractivity contribution is -0.128. The summed E-state index contributed by atoms with van der Waals surface area (Å²) in [7, 11) is 1.27. The summed E-state index contributed by atoms with van der Waals surface area (Å²) in [5, 5.41) is 0. The van der Waals surface area contributed by atoms with Crippen LogP contribution in [0.15, 0.2) is 48.5 Å². The molecule has 2 aromatic rings. The van der Waals surface area contributed by atoms with Gasteiger partial charge in [0, 0.05) is 5.56 Å². The fourth-order valence-corrected chi connectivity index (χ4v) is 2.21. The standard InChI is InChI=1S/C20H22N2O6/c1-4-27-16-9-11-17(12-10-16)28-13(2)18(23)21-22-19(24)14-5-7-15(8-6-14)20(25)26-3/h5-13H,4H2,1-3H3,(H,21,23)(H,22,24)/t13-/m0/s1. The molecule has 8 nitrogen and oxygen atoms in total. The van der Waals surface area contributed by atoms with E-state index >= 15 is 0 Å². The van der Waals surface area contributed by atoms with Gasteiger partial charge in [0.25, 0.3) is 11.8 Å². The van der Waals surface area contributed by atoms with Crippen LogP contribution < -0.4 is 20.3 Å². The van der Waals surface area contributed by atoms with Crippen LogP contribution in [-0.4, -0.2) is 37.6 Å². The molecule has 0 radical (unpaired) electrons. The summed E-state index contributed by atoms with van der Waals surface area (Å²) in [4.78, 5) is 35.6. The zero-order chi connectivity index (χ0) is 20.5. The van der Waals surface area contributed by atoms with Crippen molar-refractivity contribution in [3.63, 3.8) is 0 Å². The number of esters is 1. The molecule has 2 N–H and O–H groups in total. The van der Waals surface area contributed by atoms with Gasteiger partial charge in [0.2, 0.25) is 0 Å². The Bertz CT molecular complexity index is 818. The zero-order valence-corrected chi connectivity index (χ0v) is 15.9. The summed E-state index contributed by atoms with van der Waals surface area (Å²) in [6, 6.07) is 12.7. The van der Waals surface area contributed by atoms with E-state index in [4.69, 9.17) is 9.47 Å². The number of methoxy groups -OCH3 is 1. The molecule has 0 aromatic heterocycles. The molecule has 0 heterocycles. The Kier molecular flexibility index (Phi) is 7.38. The molecular weight excluding hydrogens is 364 g/mol. The normalized spacial score (nSPS) is 11.1. The molecule has 0 aliphatic heterocycles. The second-order valence-corrected chi connectivity index (χ2v) is 5.68. The predicted molar refractivity (Wildman–Crippen MR) is 101 cm³/mol. The van der Waals surface area contributed by atoms with E-state index < -0.39 is 23.9 Å². The second-order valence-electron chi connectivity index (χ2n) is 5.68. The maximum Gasteiger partial charge on any atom is 0.337 e. The van der Waals surface area contributed by atoms with Gasteiger partial charge in [-0.2, -0.15) is 0 Å². The third-order valence-corrected chi connectivity index (χ3v) is 3.68. The van der Waals surface area contributed by atoms with Crippen LogP contribution in [0.4, 0.5) is 0 Å². The summed E-state index contributed by atoms with van der Waals surface area (Å²) in [6.07, 6.45) is -0.833. The van der Waals surface area contributed by atoms with E-state index in [0.29, 0.717) is 23.7 Å². The van der Waals surface area contributed by atoms with Crippen molar-refractivity contribution in [3.05, 3.63) is 59.7 Å². The first-order chi connectivity index (χ1) is 13.4. The Labute approximate surface area is 162 Å². The highest BCUT2D eigenvalue weighted by atomic mass is 16.5. The molecule has 0 aliphatic rings. The Hall–Kier alpha value is -3.55. The van der Waals surface area contributed by atoms with Crippen LogP contribution in [0, 0.1) is 0 Å². The van der Waals surface area contributed by atoms with E-state index in [9.17, 15) is 14.4 Å². The van der Waals surface area contributed by atoms with Crippen LogP contribution in [0.3, 0.4) is 0 Å². The number of amides is 2. The number of carbonyl (C=O) groups is 3. The van der Waals surface area contributed by atoms with Crippen molar-refractivity contribution in [1.82, 2.24) is 10.9 Å². The summed E-state index contributed by atoms with van der Waals surface area (Å²) < 4.78 is 15.5. The first-order valence-electron chi connectivity index (χ1n) is 8.62. The Balaban J connectivity index is 1.84. The van der Waals surface area contributed by atoms with E-state index in [1.807, 2.05) is 6.92 Å². The molecule has 0 spiro atoms. The average molecular weight is 386 g/mol. The molecule has 2 rings (SSSR count). The van der Waals surface area contributed by atoms with Crippen molar-refractivity contribution in [1.29, 1.82) is 0 Å². The van der Waals surface area contributed by atoms with Crippen LogP contribution in [-0.2, 0) is 9.53 Å². The first kappa shape index (κ1) is 20.8. The van der Waals surface area contributed by atoms with Crippen molar-refractivity contribution in [2.24, 2.45) is 0 Å². The number of hydrogen-bond donors (Lipinski definition) is 2. The van der Waals surface area contributed by atoms with Gasteiger partial charge in [0.15, 0.2) is 6.10 Å². The van der Waals surface area contributed by atoms with Crippen molar-refractivity contribution >= 4 is 17.8 Å². The molecule has 1 atom stereocenters. The monoisotopic (exact) mass is 386 g/mol. The largest absolute Gasteiger partial charge is 0.494 e. The lowest BCUT2D eigenvalue weighted by atomic mass is 10.1. The highest BCUT2D eigenvalue weighted by Crippen LogP contribution is 2.18. The molecule has 0 aliphatic carbocycles. The van der Waals surface area contributed by atoms with Gasteiger partial charge in [0.05, 0.1) is 19.3 Å². The summed E-state index contributed by atoms with van der Waals surface area (Å²) >= 11 is 0. The van der Waals surface area contributed by atoms with Gasteiger partial charge < -0.3 is 14.2 Å². The SMILES string of the molecule is CCOc1ccc(O[C@@H](C)C(=O)NNC(=O)c2ccc(C(=O)OC)cc2)cc1. The van der Waals surface area contributed by atoms with Crippen LogP contribution in [0.2, 0.25) is 0 Å². The lowest BCUT2D eigenvalue weighted by Crippen LogP contribution is -2.47. The van der Waals surface area contributed by atoms with E-state index in [1.54, 1.807) is 31.2 Å². The summed E-state index contributed by atoms with van der Waals surface area (Å²) in [5.41, 5.74) is 5.19. The molecule has 0 unspecified atom stereocenters. The van der Waals surface area contributed by atoms with E-state index in [-0.39, 0.29) is 5.56 Å². The zero-order valence-electron chi connectivity index (χ0n) is 15.9. The van der Waals surface area contributed by atoms with E-state index in [1.165, 1.54) is 31.4 Å². The van der Waals surface area contributed by atoms with Crippen LogP contribution >= 0.6 is 0 Å². The number of benzene rings is 2. The van der Waals surface area contributed by atoms with E-state index in [2.05, 4.69) is 15.6 Å². The predicted octanol–water partition coefficient (Wildman–Crippen LogP) is 2.10. The number of nitrogens with one attached hydrogen (secondary N) is 2. The van der Waals surface area contributed by atoms with Crippen LogP contribution in [0.25, 0.3) is 0 Å². The van der Waals surface area contributed by atoms with E-state index in [0.717, 1.165) is 0 Å². The quantitative estimate of drug-likeness (QED) is 0.558.